The van der Waals surface area contributed by atoms with Gasteiger partial charge >= 0.3 is 0 Å². The average Bonchev–Trinajstić information content (AvgIpc) is 2.23. The highest BCUT2D eigenvalue weighted by molar-refractivity contribution is 7.56. The summed E-state index contributed by atoms with van der Waals surface area (Å²) < 4.78 is 11.5. The molecule has 0 saturated carbocycles. The molecule has 0 N–H and O–H groups in total. The molecule has 0 aliphatic heterocycles. The third-order valence-corrected chi connectivity index (χ3v) is 5.29. The summed E-state index contributed by atoms with van der Waals surface area (Å²) in [7, 11) is 1.08. The standard InChI is InChI=1S/C15H25O2P/c1-14(2,3)18(15(4,5)6)17-13-10-8-9-12(11-13)16-7/h8-11H,1-7H3. The lowest BCUT2D eigenvalue weighted by atomic mass is 10.2. The van der Waals surface area contributed by atoms with Crippen LogP contribution in [0.25, 0.3) is 0 Å². The molecule has 0 aromatic heterocycles. The van der Waals surface area contributed by atoms with Crippen LogP contribution in [0, 0.1) is 0 Å². The summed E-state index contributed by atoms with van der Waals surface area (Å²) in [6.07, 6.45) is 0. The van der Waals surface area contributed by atoms with Gasteiger partial charge in [-0.1, -0.05) is 47.6 Å². The fraction of sp³-hybridized carbons (Fsp3) is 0.600. The van der Waals surface area contributed by atoms with Crippen LogP contribution in [0.5, 0.6) is 11.5 Å². The number of benzene rings is 1. The number of hydrogen-bond donors (Lipinski definition) is 0. The monoisotopic (exact) mass is 268 g/mol. The fourth-order valence-corrected chi connectivity index (χ4v) is 4.93. The molecule has 0 unspecified atom stereocenters. The largest absolute Gasteiger partial charge is 0.497 e. The molecule has 2 nitrogen and oxygen atoms in total. The number of methoxy groups -OCH3 is 1. The first kappa shape index (κ1) is 15.3. The van der Waals surface area contributed by atoms with Gasteiger partial charge in [0, 0.05) is 16.4 Å². The molecule has 1 rings (SSSR count). The minimum Gasteiger partial charge on any atom is -0.497 e. The zero-order valence-corrected chi connectivity index (χ0v) is 13.5. The molecule has 0 bridgehead atoms. The van der Waals surface area contributed by atoms with Gasteiger partial charge in [-0.2, -0.15) is 0 Å². The van der Waals surface area contributed by atoms with Crippen molar-refractivity contribution in [3.05, 3.63) is 24.3 Å². The maximum atomic E-state index is 6.27. The summed E-state index contributed by atoms with van der Waals surface area (Å²) >= 11 is 0. The summed E-state index contributed by atoms with van der Waals surface area (Å²) in [5.41, 5.74) is 0. The first-order valence-electron chi connectivity index (χ1n) is 6.27. The number of ether oxygens (including phenoxy) is 1. The van der Waals surface area contributed by atoms with Gasteiger partial charge in [-0.25, -0.2) is 0 Å². The highest BCUT2D eigenvalue weighted by Gasteiger charge is 2.37. The van der Waals surface area contributed by atoms with Crippen LogP contribution < -0.4 is 9.26 Å². The Morgan fingerprint density at radius 2 is 1.39 bits per heavy atom. The van der Waals surface area contributed by atoms with Crippen molar-refractivity contribution >= 4 is 8.15 Å². The Bertz CT molecular complexity index is 374. The molecule has 0 spiro atoms. The molecule has 1 aromatic carbocycles. The maximum absolute atomic E-state index is 6.27. The molecular weight excluding hydrogens is 243 g/mol. The van der Waals surface area contributed by atoms with E-state index in [1.165, 1.54) is 0 Å². The van der Waals surface area contributed by atoms with Crippen molar-refractivity contribution in [2.24, 2.45) is 0 Å². The zero-order valence-electron chi connectivity index (χ0n) is 12.6. The van der Waals surface area contributed by atoms with Gasteiger partial charge in [0.25, 0.3) is 0 Å². The smallest absolute Gasteiger partial charge is 0.127 e. The van der Waals surface area contributed by atoms with Gasteiger partial charge in [0.05, 0.1) is 15.3 Å². The first-order chi connectivity index (χ1) is 8.14. The van der Waals surface area contributed by atoms with E-state index in [9.17, 15) is 0 Å². The minimum atomic E-state index is -0.592. The van der Waals surface area contributed by atoms with Crippen LogP contribution in [0.1, 0.15) is 41.5 Å². The summed E-state index contributed by atoms with van der Waals surface area (Å²) in [6, 6.07) is 7.85. The zero-order chi connectivity index (χ0) is 14.0. The van der Waals surface area contributed by atoms with E-state index in [0.29, 0.717) is 0 Å². The van der Waals surface area contributed by atoms with Crippen molar-refractivity contribution in [1.29, 1.82) is 0 Å². The average molecular weight is 268 g/mol. The van der Waals surface area contributed by atoms with Crippen LogP contribution in [0.15, 0.2) is 24.3 Å². The Kier molecular flexibility index (Phi) is 4.66. The van der Waals surface area contributed by atoms with Crippen molar-refractivity contribution in [2.45, 2.75) is 51.9 Å². The Labute approximate surface area is 113 Å². The van der Waals surface area contributed by atoms with E-state index in [4.69, 9.17) is 9.26 Å². The lowest BCUT2D eigenvalue weighted by Crippen LogP contribution is -2.27. The van der Waals surface area contributed by atoms with Gasteiger partial charge < -0.3 is 9.26 Å². The molecule has 0 heterocycles. The molecule has 0 aliphatic carbocycles. The van der Waals surface area contributed by atoms with Gasteiger partial charge in [-0.15, -0.1) is 0 Å². The Hall–Kier alpha value is -0.750. The van der Waals surface area contributed by atoms with E-state index >= 15 is 0 Å². The SMILES string of the molecule is COc1cccc(OP(C(C)(C)C)C(C)(C)C)c1. The van der Waals surface area contributed by atoms with Crippen molar-refractivity contribution in [2.75, 3.05) is 7.11 Å². The van der Waals surface area contributed by atoms with Crippen molar-refractivity contribution in [3.63, 3.8) is 0 Å². The second kappa shape index (κ2) is 5.48. The molecule has 18 heavy (non-hydrogen) atoms. The third-order valence-electron chi connectivity index (χ3n) is 2.46. The first-order valence-corrected chi connectivity index (χ1v) is 7.53. The molecule has 3 heteroatoms. The molecule has 0 saturated heterocycles. The van der Waals surface area contributed by atoms with E-state index in [0.717, 1.165) is 11.5 Å². The second-order valence-electron chi connectivity index (χ2n) is 6.41. The predicted octanol–water partition coefficient (Wildman–Crippen LogP) is 5.07. The van der Waals surface area contributed by atoms with E-state index in [1.807, 2.05) is 24.3 Å². The number of hydrogen-bond acceptors (Lipinski definition) is 2. The fourth-order valence-electron chi connectivity index (χ4n) is 2.04. The van der Waals surface area contributed by atoms with Gasteiger partial charge in [0.1, 0.15) is 11.5 Å². The van der Waals surface area contributed by atoms with Crippen molar-refractivity contribution in [3.8, 4) is 11.5 Å². The lowest BCUT2D eigenvalue weighted by molar-refractivity contribution is 0.412. The summed E-state index contributed by atoms with van der Waals surface area (Å²) in [4.78, 5) is 0. The highest BCUT2D eigenvalue weighted by Crippen LogP contribution is 2.59. The molecule has 0 aliphatic rings. The van der Waals surface area contributed by atoms with E-state index in [1.54, 1.807) is 7.11 Å². The molecule has 0 atom stereocenters. The molecule has 0 radical (unpaired) electrons. The van der Waals surface area contributed by atoms with E-state index in [-0.39, 0.29) is 10.3 Å². The normalized spacial score (nSPS) is 12.7. The predicted molar refractivity (Wildman–Crippen MR) is 80.0 cm³/mol. The molecule has 0 amide bonds. The van der Waals surface area contributed by atoms with E-state index < -0.39 is 8.15 Å². The second-order valence-corrected chi connectivity index (χ2v) is 9.86. The topological polar surface area (TPSA) is 18.5 Å². The lowest BCUT2D eigenvalue weighted by Gasteiger charge is -2.39. The molecule has 1 aromatic rings. The van der Waals surface area contributed by atoms with Gasteiger partial charge in [0.2, 0.25) is 0 Å². The molecular formula is C15H25O2P. The van der Waals surface area contributed by atoms with Crippen LogP contribution in [-0.2, 0) is 0 Å². The quantitative estimate of drug-likeness (QED) is 0.713. The van der Waals surface area contributed by atoms with Crippen LogP contribution in [-0.4, -0.2) is 17.4 Å². The summed E-state index contributed by atoms with van der Waals surface area (Å²) in [5, 5.41) is 0.299. The van der Waals surface area contributed by atoms with Gasteiger partial charge in [-0.3, -0.25) is 0 Å². The Morgan fingerprint density at radius 1 is 0.889 bits per heavy atom. The van der Waals surface area contributed by atoms with Gasteiger partial charge in [-0.05, 0) is 12.1 Å². The summed E-state index contributed by atoms with van der Waals surface area (Å²) in [6.45, 7) is 13.4. The van der Waals surface area contributed by atoms with Crippen LogP contribution in [0.2, 0.25) is 0 Å². The van der Waals surface area contributed by atoms with Crippen LogP contribution >= 0.6 is 8.15 Å². The highest BCUT2D eigenvalue weighted by atomic mass is 31.1. The number of rotatable bonds is 3. The minimum absolute atomic E-state index is 0.149. The summed E-state index contributed by atoms with van der Waals surface area (Å²) in [5.74, 6) is 1.73. The van der Waals surface area contributed by atoms with E-state index in [2.05, 4.69) is 41.5 Å². The molecule has 0 fully saturated rings. The van der Waals surface area contributed by atoms with Crippen molar-refractivity contribution in [1.82, 2.24) is 0 Å². The third kappa shape index (κ3) is 4.17. The van der Waals surface area contributed by atoms with Crippen molar-refractivity contribution < 1.29 is 9.26 Å². The van der Waals surface area contributed by atoms with Crippen LogP contribution in [0.4, 0.5) is 0 Å². The Balaban J connectivity index is 2.97. The maximum Gasteiger partial charge on any atom is 0.127 e. The van der Waals surface area contributed by atoms with Crippen LogP contribution in [0.3, 0.4) is 0 Å². The Morgan fingerprint density at radius 3 is 1.83 bits per heavy atom. The molecule has 102 valence electrons. The van der Waals surface area contributed by atoms with Gasteiger partial charge in [0.15, 0.2) is 0 Å².